The fourth-order valence-electron chi connectivity index (χ4n) is 2.76. The van der Waals surface area contributed by atoms with Crippen molar-refractivity contribution >= 4 is 23.6 Å². The van der Waals surface area contributed by atoms with Crippen LogP contribution < -0.4 is 10.6 Å². The Bertz CT molecular complexity index is 866. The zero-order chi connectivity index (χ0) is 19.8. The number of halogens is 3. The molecular weight excluding hydrogens is 365 g/mol. The van der Waals surface area contributed by atoms with Gasteiger partial charge in [0.25, 0.3) is 0 Å². The standard InChI is InChI=1S/C16H19F3N6O2/c1-4-20-12-9(16(17,18)19)8-21-14(23-12)22-11-7-10(24-25(11)3)15(2)5-6-27-13(15)26/h7-8H,4-6H2,1-3H3,(H2,20,21,22,23)/t15-/m0/s1. The summed E-state index contributed by atoms with van der Waals surface area (Å²) in [5.41, 5.74) is -1.29. The highest BCUT2D eigenvalue weighted by Gasteiger charge is 2.44. The van der Waals surface area contributed by atoms with Crippen LogP contribution in [0.4, 0.5) is 30.8 Å². The summed E-state index contributed by atoms with van der Waals surface area (Å²) in [5.74, 6) is -0.246. The molecule has 0 bridgehead atoms. The van der Waals surface area contributed by atoms with Crippen molar-refractivity contribution in [2.75, 3.05) is 23.8 Å². The molecule has 1 saturated heterocycles. The average Bonchev–Trinajstić information content (AvgIpc) is 3.11. The zero-order valence-electron chi connectivity index (χ0n) is 15.0. The number of esters is 1. The minimum Gasteiger partial charge on any atom is -0.465 e. The first-order chi connectivity index (χ1) is 12.6. The summed E-state index contributed by atoms with van der Waals surface area (Å²) in [6.45, 7) is 4.01. The summed E-state index contributed by atoms with van der Waals surface area (Å²) in [6, 6.07) is 1.64. The molecule has 0 saturated carbocycles. The minimum atomic E-state index is -4.56. The van der Waals surface area contributed by atoms with Crippen LogP contribution in [0.2, 0.25) is 0 Å². The van der Waals surface area contributed by atoms with Gasteiger partial charge in [-0.15, -0.1) is 0 Å². The molecule has 27 heavy (non-hydrogen) atoms. The monoisotopic (exact) mass is 384 g/mol. The molecule has 8 nitrogen and oxygen atoms in total. The number of aryl methyl sites for hydroxylation is 1. The fraction of sp³-hybridized carbons (Fsp3) is 0.500. The summed E-state index contributed by atoms with van der Waals surface area (Å²) in [7, 11) is 1.64. The predicted octanol–water partition coefficient (Wildman–Crippen LogP) is 2.61. The van der Waals surface area contributed by atoms with Gasteiger partial charge in [0.15, 0.2) is 0 Å². The average molecular weight is 384 g/mol. The van der Waals surface area contributed by atoms with E-state index in [1.807, 2.05) is 0 Å². The summed E-state index contributed by atoms with van der Waals surface area (Å²) >= 11 is 0. The van der Waals surface area contributed by atoms with Gasteiger partial charge in [0.05, 0.1) is 12.3 Å². The Balaban J connectivity index is 1.90. The molecule has 0 aliphatic carbocycles. The molecule has 1 atom stereocenters. The van der Waals surface area contributed by atoms with E-state index in [0.29, 0.717) is 24.5 Å². The molecule has 1 aliphatic heterocycles. The quantitative estimate of drug-likeness (QED) is 0.766. The normalized spacial score (nSPS) is 19.9. The second-order valence-corrected chi connectivity index (χ2v) is 6.37. The molecule has 0 radical (unpaired) electrons. The number of hydrogen-bond donors (Lipinski definition) is 2. The van der Waals surface area contributed by atoms with Crippen molar-refractivity contribution in [1.82, 2.24) is 19.7 Å². The van der Waals surface area contributed by atoms with E-state index in [-0.39, 0.29) is 24.3 Å². The number of aromatic nitrogens is 4. The SMILES string of the molecule is CCNc1nc(Nc2cc([C@]3(C)CCOC3=O)nn2C)ncc1C(F)(F)F. The lowest BCUT2D eigenvalue weighted by Crippen LogP contribution is -2.28. The molecular formula is C16H19F3N6O2. The molecule has 2 aromatic heterocycles. The molecule has 0 spiro atoms. The van der Waals surface area contributed by atoms with Crippen molar-refractivity contribution in [3.63, 3.8) is 0 Å². The molecule has 146 valence electrons. The van der Waals surface area contributed by atoms with Gasteiger partial charge in [-0.1, -0.05) is 0 Å². The maximum atomic E-state index is 13.1. The maximum absolute atomic E-state index is 13.1. The molecule has 0 aromatic carbocycles. The highest BCUT2D eigenvalue weighted by atomic mass is 19.4. The summed E-state index contributed by atoms with van der Waals surface area (Å²) in [5, 5.41) is 9.76. The molecule has 11 heteroatoms. The summed E-state index contributed by atoms with van der Waals surface area (Å²) in [6.07, 6.45) is -3.34. The zero-order valence-corrected chi connectivity index (χ0v) is 15.0. The van der Waals surface area contributed by atoms with Crippen LogP contribution in [0.1, 0.15) is 31.5 Å². The highest BCUT2D eigenvalue weighted by Crippen LogP contribution is 2.36. The molecule has 1 aliphatic rings. The Morgan fingerprint density at radius 1 is 1.41 bits per heavy atom. The second kappa shape index (κ2) is 6.71. The topological polar surface area (TPSA) is 94.0 Å². The highest BCUT2D eigenvalue weighted by molar-refractivity contribution is 5.84. The molecule has 2 N–H and O–H groups in total. The third-order valence-electron chi connectivity index (χ3n) is 4.41. The van der Waals surface area contributed by atoms with Gasteiger partial charge in [-0.05, 0) is 13.8 Å². The number of nitrogens with zero attached hydrogens (tertiary/aromatic N) is 4. The number of hydrogen-bond acceptors (Lipinski definition) is 7. The van der Waals surface area contributed by atoms with E-state index in [2.05, 4.69) is 25.7 Å². The predicted molar refractivity (Wildman–Crippen MR) is 90.6 cm³/mol. The third kappa shape index (κ3) is 3.53. The van der Waals surface area contributed by atoms with Crippen molar-refractivity contribution in [3.8, 4) is 0 Å². The lowest BCUT2D eigenvalue weighted by Gasteiger charge is -2.14. The van der Waals surface area contributed by atoms with Crippen molar-refractivity contribution in [3.05, 3.63) is 23.5 Å². The van der Waals surface area contributed by atoms with Crippen LogP contribution in [0.25, 0.3) is 0 Å². The smallest absolute Gasteiger partial charge is 0.421 e. The lowest BCUT2D eigenvalue weighted by atomic mass is 9.85. The number of rotatable bonds is 5. The van der Waals surface area contributed by atoms with Gasteiger partial charge >= 0.3 is 12.1 Å². The third-order valence-corrected chi connectivity index (χ3v) is 4.41. The molecule has 3 heterocycles. The Morgan fingerprint density at radius 3 is 2.74 bits per heavy atom. The number of cyclic esters (lactones) is 1. The van der Waals surface area contributed by atoms with Gasteiger partial charge in [-0.3, -0.25) is 9.48 Å². The first kappa shape index (κ1) is 18.9. The van der Waals surface area contributed by atoms with E-state index in [9.17, 15) is 18.0 Å². The van der Waals surface area contributed by atoms with Gasteiger partial charge in [-0.25, -0.2) is 4.98 Å². The van der Waals surface area contributed by atoms with E-state index >= 15 is 0 Å². The van der Waals surface area contributed by atoms with Gasteiger partial charge in [0.1, 0.15) is 22.6 Å². The largest absolute Gasteiger partial charge is 0.465 e. The van der Waals surface area contributed by atoms with E-state index in [1.54, 1.807) is 27.0 Å². The molecule has 2 aromatic rings. The number of carbonyl (C=O) groups excluding carboxylic acids is 1. The summed E-state index contributed by atoms with van der Waals surface area (Å²) < 4.78 is 45.7. The van der Waals surface area contributed by atoms with Crippen LogP contribution in [0.15, 0.2) is 12.3 Å². The Labute approximate surface area is 153 Å². The van der Waals surface area contributed by atoms with Crippen LogP contribution in [0.3, 0.4) is 0 Å². The van der Waals surface area contributed by atoms with Gasteiger partial charge < -0.3 is 15.4 Å². The Hall–Kier alpha value is -2.85. The van der Waals surface area contributed by atoms with Crippen LogP contribution >= 0.6 is 0 Å². The van der Waals surface area contributed by atoms with E-state index in [1.165, 1.54) is 4.68 Å². The molecule has 0 amide bonds. The molecule has 1 fully saturated rings. The second-order valence-electron chi connectivity index (χ2n) is 6.37. The van der Waals surface area contributed by atoms with Crippen molar-refractivity contribution in [2.45, 2.75) is 31.9 Å². The first-order valence-corrected chi connectivity index (χ1v) is 8.32. The number of nitrogens with one attached hydrogen (secondary N) is 2. The van der Waals surface area contributed by atoms with Crippen LogP contribution in [-0.4, -0.2) is 38.9 Å². The fourth-order valence-corrected chi connectivity index (χ4v) is 2.76. The first-order valence-electron chi connectivity index (χ1n) is 8.32. The minimum absolute atomic E-state index is 0.0207. The number of carbonyl (C=O) groups is 1. The van der Waals surface area contributed by atoms with Crippen molar-refractivity contribution in [1.29, 1.82) is 0 Å². The van der Waals surface area contributed by atoms with E-state index in [0.717, 1.165) is 6.20 Å². The van der Waals surface area contributed by atoms with Crippen molar-refractivity contribution < 1.29 is 22.7 Å². The lowest BCUT2D eigenvalue weighted by molar-refractivity contribution is -0.142. The van der Waals surface area contributed by atoms with Gasteiger partial charge in [0.2, 0.25) is 5.95 Å². The Morgan fingerprint density at radius 2 is 2.15 bits per heavy atom. The number of alkyl halides is 3. The van der Waals surface area contributed by atoms with Crippen LogP contribution in [0, 0.1) is 0 Å². The molecule has 3 rings (SSSR count). The Kier molecular flexibility index (Phi) is 4.70. The van der Waals surface area contributed by atoms with Crippen molar-refractivity contribution in [2.24, 2.45) is 7.05 Å². The van der Waals surface area contributed by atoms with E-state index < -0.39 is 17.2 Å². The van der Waals surface area contributed by atoms with Crippen LogP contribution in [0.5, 0.6) is 0 Å². The van der Waals surface area contributed by atoms with Crippen LogP contribution in [-0.2, 0) is 28.2 Å². The number of anilines is 3. The molecule has 0 unspecified atom stereocenters. The number of ether oxygens (including phenoxy) is 1. The maximum Gasteiger partial charge on any atom is 0.421 e. The summed E-state index contributed by atoms with van der Waals surface area (Å²) in [4.78, 5) is 19.7. The van der Waals surface area contributed by atoms with Gasteiger partial charge in [0, 0.05) is 32.3 Å². The van der Waals surface area contributed by atoms with Gasteiger partial charge in [-0.2, -0.15) is 23.3 Å². The van der Waals surface area contributed by atoms with E-state index in [4.69, 9.17) is 4.74 Å².